The Morgan fingerprint density at radius 2 is 2.15 bits per heavy atom. The van der Waals surface area contributed by atoms with Gasteiger partial charge in [0, 0.05) is 0 Å². The molecular weight excluding hydrogens is 298 g/mol. The van der Waals surface area contributed by atoms with Gasteiger partial charge in [-0.15, -0.1) is 0 Å². The van der Waals surface area contributed by atoms with Gasteiger partial charge in [-0.25, -0.2) is 13.1 Å². The summed E-state index contributed by atoms with van der Waals surface area (Å²) in [6.45, 7) is 1.88. The van der Waals surface area contributed by atoms with Gasteiger partial charge < -0.3 is 5.11 Å². The van der Waals surface area contributed by atoms with E-state index in [0.29, 0.717) is 18.8 Å². The van der Waals surface area contributed by atoms with Gasteiger partial charge in [0.2, 0.25) is 10.0 Å². The second-order valence-corrected chi connectivity index (χ2v) is 7.73. The summed E-state index contributed by atoms with van der Waals surface area (Å²) < 4.78 is 27.7. The second kappa shape index (κ2) is 6.02. The van der Waals surface area contributed by atoms with Gasteiger partial charge in [0.15, 0.2) is 0 Å². The van der Waals surface area contributed by atoms with E-state index in [1.54, 1.807) is 18.2 Å². The average Bonchev–Trinajstić information content (AvgIpc) is 2.38. The van der Waals surface area contributed by atoms with Gasteiger partial charge in [-0.05, 0) is 30.9 Å². The Morgan fingerprint density at radius 1 is 1.45 bits per heavy atom. The zero-order chi connectivity index (χ0) is 14.8. The summed E-state index contributed by atoms with van der Waals surface area (Å²) in [5.41, 5.74) is -0.768. The Bertz CT molecular complexity index is 576. The van der Waals surface area contributed by atoms with E-state index < -0.39 is 15.6 Å². The summed E-state index contributed by atoms with van der Waals surface area (Å²) in [4.78, 5) is 0.0627. The van der Waals surface area contributed by atoms with Crippen LogP contribution in [0.25, 0.3) is 0 Å². The minimum Gasteiger partial charge on any atom is -0.394 e. The van der Waals surface area contributed by atoms with Crippen molar-refractivity contribution < 1.29 is 13.5 Å². The molecule has 4 nitrogen and oxygen atoms in total. The molecule has 2 atom stereocenters. The third-order valence-corrected chi connectivity index (χ3v) is 5.95. The molecule has 20 heavy (non-hydrogen) atoms. The van der Waals surface area contributed by atoms with E-state index in [-0.39, 0.29) is 16.5 Å². The molecule has 1 fully saturated rings. The van der Waals surface area contributed by atoms with Crippen molar-refractivity contribution in [1.29, 1.82) is 0 Å². The Morgan fingerprint density at radius 3 is 2.75 bits per heavy atom. The van der Waals surface area contributed by atoms with Gasteiger partial charge in [0.1, 0.15) is 4.90 Å². The van der Waals surface area contributed by atoms with Crippen molar-refractivity contribution in [3.8, 4) is 0 Å². The molecule has 2 unspecified atom stereocenters. The molecule has 2 N–H and O–H groups in total. The molecule has 0 spiro atoms. The minimum atomic E-state index is -3.73. The van der Waals surface area contributed by atoms with E-state index in [4.69, 9.17) is 11.6 Å². The van der Waals surface area contributed by atoms with Gasteiger partial charge in [0.05, 0.1) is 17.2 Å². The number of nitrogens with one attached hydrogen (secondary N) is 1. The average molecular weight is 318 g/mol. The molecular formula is C14H20ClNO3S. The maximum atomic E-state index is 12.5. The zero-order valence-electron chi connectivity index (χ0n) is 11.5. The van der Waals surface area contributed by atoms with E-state index in [1.165, 1.54) is 6.07 Å². The number of rotatable bonds is 4. The highest BCUT2D eigenvalue weighted by Crippen LogP contribution is 2.34. The summed E-state index contributed by atoms with van der Waals surface area (Å²) in [5.74, 6) is 0.393. The first-order valence-corrected chi connectivity index (χ1v) is 8.64. The Balaban J connectivity index is 2.29. The van der Waals surface area contributed by atoms with Crippen LogP contribution in [0.3, 0.4) is 0 Å². The summed E-state index contributed by atoms with van der Waals surface area (Å²) in [6.07, 6.45) is 3.27. The lowest BCUT2D eigenvalue weighted by Gasteiger charge is -2.39. The van der Waals surface area contributed by atoms with Crippen molar-refractivity contribution in [1.82, 2.24) is 4.72 Å². The van der Waals surface area contributed by atoms with Crippen LogP contribution in [-0.2, 0) is 10.0 Å². The molecule has 1 aromatic carbocycles. The molecule has 1 aromatic rings. The third kappa shape index (κ3) is 3.34. The first-order chi connectivity index (χ1) is 9.38. The number of hydrogen-bond acceptors (Lipinski definition) is 3. The standard InChI is InChI=1S/C14H20ClNO3S/c1-11-5-4-8-14(9-11,10-17)16-20(18,19)13-7-3-2-6-12(13)15/h2-3,6-7,11,16-17H,4-5,8-10H2,1H3. The minimum absolute atomic E-state index is 0.0627. The van der Waals surface area contributed by atoms with Gasteiger partial charge in [-0.3, -0.25) is 0 Å². The fourth-order valence-corrected chi connectivity index (χ4v) is 4.88. The lowest BCUT2D eigenvalue weighted by molar-refractivity contribution is 0.120. The normalized spacial score (nSPS) is 27.4. The van der Waals surface area contributed by atoms with Crippen LogP contribution < -0.4 is 4.72 Å². The lowest BCUT2D eigenvalue weighted by Crippen LogP contribution is -2.53. The van der Waals surface area contributed by atoms with Crippen LogP contribution in [0, 0.1) is 5.92 Å². The molecule has 0 bridgehead atoms. The molecule has 2 rings (SSSR count). The Labute approximate surface area is 125 Å². The second-order valence-electron chi connectivity index (χ2n) is 5.68. The SMILES string of the molecule is CC1CCCC(CO)(NS(=O)(=O)c2ccccc2Cl)C1. The van der Waals surface area contributed by atoms with E-state index in [1.807, 2.05) is 0 Å². The molecule has 112 valence electrons. The van der Waals surface area contributed by atoms with Crippen LogP contribution in [0.5, 0.6) is 0 Å². The molecule has 0 aliphatic heterocycles. The zero-order valence-corrected chi connectivity index (χ0v) is 13.0. The Kier molecular flexibility index (Phi) is 4.74. The number of benzene rings is 1. The van der Waals surface area contributed by atoms with Crippen LogP contribution >= 0.6 is 11.6 Å². The van der Waals surface area contributed by atoms with Crippen molar-refractivity contribution in [3.05, 3.63) is 29.3 Å². The summed E-state index contributed by atoms with van der Waals surface area (Å²) in [7, 11) is -3.73. The highest BCUT2D eigenvalue weighted by atomic mass is 35.5. The molecule has 1 saturated carbocycles. The van der Waals surface area contributed by atoms with Crippen LogP contribution in [-0.4, -0.2) is 25.7 Å². The molecule has 1 aliphatic rings. The highest BCUT2D eigenvalue weighted by molar-refractivity contribution is 7.89. The van der Waals surface area contributed by atoms with Crippen LogP contribution in [0.4, 0.5) is 0 Å². The maximum absolute atomic E-state index is 12.5. The van der Waals surface area contributed by atoms with E-state index >= 15 is 0 Å². The monoisotopic (exact) mass is 317 g/mol. The van der Waals surface area contributed by atoms with E-state index in [0.717, 1.165) is 12.8 Å². The fraction of sp³-hybridized carbons (Fsp3) is 0.571. The topological polar surface area (TPSA) is 66.4 Å². The summed E-state index contributed by atoms with van der Waals surface area (Å²) in [5, 5.41) is 9.87. The number of aliphatic hydroxyl groups excluding tert-OH is 1. The third-order valence-electron chi connectivity index (χ3n) is 3.87. The van der Waals surface area contributed by atoms with Gasteiger partial charge >= 0.3 is 0 Å². The fourth-order valence-electron chi connectivity index (χ4n) is 2.93. The highest BCUT2D eigenvalue weighted by Gasteiger charge is 2.38. The summed E-state index contributed by atoms with van der Waals surface area (Å²) in [6, 6.07) is 6.34. The Hall–Kier alpha value is -0.620. The summed E-state index contributed by atoms with van der Waals surface area (Å²) >= 11 is 5.96. The molecule has 6 heteroatoms. The van der Waals surface area contributed by atoms with Crippen LogP contribution in [0.2, 0.25) is 5.02 Å². The van der Waals surface area contributed by atoms with Gasteiger partial charge in [-0.1, -0.05) is 43.5 Å². The van der Waals surface area contributed by atoms with Crippen molar-refractivity contribution in [3.63, 3.8) is 0 Å². The molecule has 0 aromatic heterocycles. The molecule has 0 radical (unpaired) electrons. The maximum Gasteiger partial charge on any atom is 0.242 e. The number of aliphatic hydroxyl groups is 1. The molecule has 0 saturated heterocycles. The largest absolute Gasteiger partial charge is 0.394 e. The van der Waals surface area contributed by atoms with Crippen molar-refractivity contribution >= 4 is 21.6 Å². The van der Waals surface area contributed by atoms with Gasteiger partial charge in [0.25, 0.3) is 0 Å². The van der Waals surface area contributed by atoms with Crippen molar-refractivity contribution in [2.75, 3.05) is 6.61 Å². The van der Waals surface area contributed by atoms with Crippen LogP contribution in [0.1, 0.15) is 32.6 Å². The first-order valence-electron chi connectivity index (χ1n) is 6.78. The number of hydrogen-bond donors (Lipinski definition) is 2. The molecule has 0 amide bonds. The van der Waals surface area contributed by atoms with Crippen molar-refractivity contribution in [2.24, 2.45) is 5.92 Å². The molecule has 1 aliphatic carbocycles. The number of halogens is 1. The quantitative estimate of drug-likeness (QED) is 0.897. The van der Waals surface area contributed by atoms with Gasteiger partial charge in [-0.2, -0.15) is 0 Å². The van der Waals surface area contributed by atoms with E-state index in [9.17, 15) is 13.5 Å². The molecule has 0 heterocycles. The first kappa shape index (κ1) is 15.8. The predicted molar refractivity (Wildman–Crippen MR) is 79.2 cm³/mol. The van der Waals surface area contributed by atoms with Crippen LogP contribution in [0.15, 0.2) is 29.2 Å². The van der Waals surface area contributed by atoms with Crippen molar-refractivity contribution in [2.45, 2.75) is 43.0 Å². The predicted octanol–water partition coefficient (Wildman–Crippen LogP) is 2.56. The lowest BCUT2D eigenvalue weighted by atomic mass is 9.78. The van der Waals surface area contributed by atoms with E-state index in [2.05, 4.69) is 11.6 Å². The number of sulfonamides is 1. The smallest absolute Gasteiger partial charge is 0.242 e.